The largest absolute Gasteiger partial charge is 0.573 e. The number of fused-ring (bicyclic) bond motifs is 5. The standard InChI is InChI=1S/C42H44F3N5O9S/c1-24-18-33(48-59-24)36(52)46-31-13-7-5-3-4-6-10-25-21-41(25,39(54)49-60(55,56)40(2)16-17-40)22-35(51)34-20-27(23-50(34)38(31)53)57-37-30-12-9-8-11-28(30)29-15-14-26(19-32(29)47-37)58-42(43,44)45/h6,8-12,14-15,18-19,25,27,31,34H,3-5,7,13,16-17,20-23H2,1-2H3,(H,46,52)(H,49,54)/b10-6-/t25-,27-,31+,34+,41-/m1/s1. The van der Waals surface area contributed by atoms with Crippen LogP contribution < -0.4 is 19.5 Å². The Kier molecular flexibility index (Phi) is 10.6. The molecule has 3 fully saturated rings. The lowest BCUT2D eigenvalue weighted by Crippen LogP contribution is -2.52. The maximum atomic E-state index is 14.7. The summed E-state index contributed by atoms with van der Waals surface area (Å²) in [5.41, 5.74) is -1.26. The van der Waals surface area contributed by atoms with Gasteiger partial charge in [-0.3, -0.25) is 23.9 Å². The normalized spacial score (nSPS) is 26.3. The first-order valence-electron chi connectivity index (χ1n) is 20.0. The van der Waals surface area contributed by atoms with Gasteiger partial charge in [-0.15, -0.1) is 13.2 Å². The lowest BCUT2D eigenvalue weighted by atomic mass is 9.91. The molecule has 2 aromatic carbocycles. The predicted molar refractivity (Wildman–Crippen MR) is 210 cm³/mol. The van der Waals surface area contributed by atoms with Gasteiger partial charge in [-0.1, -0.05) is 48.3 Å². The molecule has 0 unspecified atom stereocenters. The molecule has 318 valence electrons. The molecule has 18 heteroatoms. The van der Waals surface area contributed by atoms with Crippen LogP contribution in [0.2, 0.25) is 0 Å². The number of pyridine rings is 1. The molecular formula is C42H44F3N5O9S. The summed E-state index contributed by atoms with van der Waals surface area (Å²) in [6, 6.07) is 9.99. The minimum absolute atomic E-state index is 0.0302. The number of halogens is 3. The summed E-state index contributed by atoms with van der Waals surface area (Å²) in [6.45, 7) is 3.04. The van der Waals surface area contributed by atoms with Crippen LogP contribution >= 0.6 is 0 Å². The van der Waals surface area contributed by atoms with Crippen molar-refractivity contribution >= 4 is 55.2 Å². The van der Waals surface area contributed by atoms with E-state index in [1.165, 1.54) is 23.1 Å². The second-order valence-electron chi connectivity index (χ2n) is 16.6. The van der Waals surface area contributed by atoms with E-state index in [2.05, 4.69) is 24.9 Å². The quantitative estimate of drug-likeness (QED) is 0.152. The molecule has 8 rings (SSSR count). The van der Waals surface area contributed by atoms with Crippen LogP contribution in [-0.2, 0) is 24.4 Å². The molecule has 1 saturated heterocycles. The number of hydrogen-bond acceptors (Lipinski definition) is 11. The highest BCUT2D eigenvalue weighted by atomic mass is 32.2. The van der Waals surface area contributed by atoms with Crippen molar-refractivity contribution in [2.45, 2.75) is 107 Å². The number of Topliss-reactive ketones (excluding diaryl/α,β-unsaturated/α-hetero) is 1. The summed E-state index contributed by atoms with van der Waals surface area (Å²) in [7, 11) is -4.03. The summed E-state index contributed by atoms with van der Waals surface area (Å²) in [5.74, 6) is -2.93. The smallest absolute Gasteiger partial charge is 0.472 e. The van der Waals surface area contributed by atoms with Crippen LogP contribution in [0.5, 0.6) is 11.6 Å². The average Bonchev–Trinajstić information content (AvgIpc) is 3.99. The van der Waals surface area contributed by atoms with Crippen LogP contribution in [0.4, 0.5) is 13.2 Å². The van der Waals surface area contributed by atoms with Gasteiger partial charge in [-0.2, -0.15) is 0 Å². The molecule has 5 atom stereocenters. The molecule has 0 bridgehead atoms. The molecule has 4 aromatic rings. The van der Waals surface area contributed by atoms with E-state index in [0.717, 1.165) is 12.5 Å². The van der Waals surface area contributed by atoms with E-state index in [9.17, 15) is 40.8 Å². The van der Waals surface area contributed by atoms with Crippen LogP contribution in [0.25, 0.3) is 21.7 Å². The fraction of sp³-hybridized carbons (Fsp3) is 0.476. The van der Waals surface area contributed by atoms with Crippen LogP contribution in [-0.4, -0.2) is 82.8 Å². The number of carbonyl (C=O) groups excluding carboxylic acids is 4. The lowest BCUT2D eigenvalue weighted by molar-refractivity contribution is -0.274. The monoisotopic (exact) mass is 851 g/mol. The fourth-order valence-electron chi connectivity index (χ4n) is 8.34. The molecule has 2 aliphatic heterocycles. The van der Waals surface area contributed by atoms with Gasteiger partial charge in [-0.25, -0.2) is 13.4 Å². The Morgan fingerprint density at radius 3 is 2.50 bits per heavy atom. The number of carbonyl (C=O) groups is 4. The minimum atomic E-state index is -4.94. The number of alkyl halides is 3. The van der Waals surface area contributed by atoms with E-state index in [-0.39, 0.29) is 49.3 Å². The van der Waals surface area contributed by atoms with Gasteiger partial charge < -0.3 is 24.2 Å². The van der Waals surface area contributed by atoms with E-state index in [1.54, 1.807) is 38.1 Å². The highest BCUT2D eigenvalue weighted by molar-refractivity contribution is 7.91. The molecular weight excluding hydrogens is 808 g/mol. The molecule has 2 aromatic heterocycles. The van der Waals surface area contributed by atoms with Gasteiger partial charge in [0, 0.05) is 35.7 Å². The third-order valence-corrected chi connectivity index (χ3v) is 14.3. The Labute approximate surface area is 343 Å². The maximum Gasteiger partial charge on any atom is 0.573 e. The number of ketones is 1. The van der Waals surface area contributed by atoms with Crippen LogP contribution in [0.1, 0.15) is 87.4 Å². The van der Waals surface area contributed by atoms with Crippen molar-refractivity contribution in [3.63, 3.8) is 0 Å². The molecule has 2 aliphatic carbocycles. The first-order valence-corrected chi connectivity index (χ1v) is 21.5. The van der Waals surface area contributed by atoms with Gasteiger partial charge in [0.15, 0.2) is 11.5 Å². The number of hydrogen-bond donors (Lipinski definition) is 2. The van der Waals surface area contributed by atoms with Gasteiger partial charge in [-0.05, 0) is 81.9 Å². The highest BCUT2D eigenvalue weighted by Crippen LogP contribution is 2.57. The van der Waals surface area contributed by atoms with Crippen molar-refractivity contribution < 1.29 is 54.8 Å². The average molecular weight is 852 g/mol. The number of nitrogens with zero attached hydrogens (tertiary/aromatic N) is 3. The zero-order chi connectivity index (χ0) is 42.6. The number of aryl methyl sites for hydroxylation is 1. The Morgan fingerprint density at radius 2 is 1.78 bits per heavy atom. The number of aromatic nitrogens is 2. The van der Waals surface area contributed by atoms with E-state index < -0.39 is 79.9 Å². The van der Waals surface area contributed by atoms with Gasteiger partial charge in [0.2, 0.25) is 27.7 Å². The fourth-order valence-corrected chi connectivity index (χ4v) is 9.68. The third kappa shape index (κ3) is 8.30. The number of sulfonamides is 1. The maximum absolute atomic E-state index is 14.7. The first-order chi connectivity index (χ1) is 28.4. The van der Waals surface area contributed by atoms with Crippen molar-refractivity contribution in [3.8, 4) is 11.6 Å². The van der Waals surface area contributed by atoms with E-state index in [4.69, 9.17) is 9.26 Å². The Balaban J connectivity index is 1.13. The number of ether oxygens (including phenoxy) is 2. The highest BCUT2D eigenvalue weighted by Gasteiger charge is 2.62. The topological polar surface area (TPSA) is 187 Å². The molecule has 4 heterocycles. The summed E-state index contributed by atoms with van der Waals surface area (Å²) in [5, 5.41) is 8.25. The SMILES string of the molecule is Cc1cc(C(=O)N[C@H]2CCCCC/C=C\[C@@H]3C[C@@]3(C(=O)NS(=O)(=O)C3(C)CC3)CC(=O)[C@@H]3C[C@@H](Oc4nc5cc(OC(F)(F)F)ccc5c5ccccc45)CN3C2=O)no1. The second-order valence-corrected chi connectivity index (χ2v) is 18.8. The zero-order valence-electron chi connectivity index (χ0n) is 32.9. The van der Waals surface area contributed by atoms with Crippen LogP contribution in [0, 0.1) is 18.3 Å². The Bertz CT molecular complexity index is 2520. The van der Waals surface area contributed by atoms with Crippen LogP contribution in [0.15, 0.2) is 65.2 Å². The Morgan fingerprint density at radius 1 is 1.02 bits per heavy atom. The summed E-state index contributed by atoms with van der Waals surface area (Å²) in [6.07, 6.45) is 1.48. The molecule has 2 N–H and O–H groups in total. The second kappa shape index (κ2) is 15.5. The van der Waals surface area contributed by atoms with Gasteiger partial charge >= 0.3 is 6.36 Å². The first kappa shape index (κ1) is 41.2. The van der Waals surface area contributed by atoms with Gasteiger partial charge in [0.1, 0.15) is 23.7 Å². The van der Waals surface area contributed by atoms with Crippen molar-refractivity contribution in [2.24, 2.45) is 11.3 Å². The molecule has 2 saturated carbocycles. The molecule has 3 amide bonds. The Hall–Kier alpha value is -5.52. The van der Waals surface area contributed by atoms with Crippen molar-refractivity contribution in [3.05, 3.63) is 72.1 Å². The molecule has 4 aliphatic rings. The summed E-state index contributed by atoms with van der Waals surface area (Å²) in [4.78, 5) is 62.6. The number of allylic oxidation sites excluding steroid dienone is 2. The van der Waals surface area contributed by atoms with Gasteiger partial charge in [0.05, 0.1) is 28.3 Å². The number of amides is 3. The zero-order valence-corrected chi connectivity index (χ0v) is 33.7. The van der Waals surface area contributed by atoms with Gasteiger partial charge in [0.25, 0.3) is 5.91 Å². The number of rotatable bonds is 8. The number of nitrogens with one attached hydrogen (secondary N) is 2. The van der Waals surface area contributed by atoms with Crippen LogP contribution in [0.3, 0.4) is 0 Å². The number of benzene rings is 2. The van der Waals surface area contributed by atoms with Crippen molar-refractivity contribution in [2.75, 3.05) is 6.54 Å². The molecule has 0 radical (unpaired) electrons. The van der Waals surface area contributed by atoms with Crippen molar-refractivity contribution in [1.29, 1.82) is 0 Å². The molecule has 60 heavy (non-hydrogen) atoms. The molecule has 14 nitrogen and oxygen atoms in total. The summed E-state index contributed by atoms with van der Waals surface area (Å²) >= 11 is 0. The van der Waals surface area contributed by atoms with Crippen molar-refractivity contribution in [1.82, 2.24) is 25.1 Å². The van der Waals surface area contributed by atoms with E-state index in [1.807, 2.05) is 12.2 Å². The van der Waals surface area contributed by atoms with E-state index in [0.29, 0.717) is 54.0 Å². The lowest BCUT2D eigenvalue weighted by Gasteiger charge is -2.29. The minimum Gasteiger partial charge on any atom is -0.472 e. The third-order valence-electron chi connectivity index (χ3n) is 12.2. The van der Waals surface area contributed by atoms with E-state index >= 15 is 0 Å². The molecule has 0 spiro atoms. The predicted octanol–water partition coefficient (Wildman–Crippen LogP) is 6.21. The summed E-state index contributed by atoms with van der Waals surface area (Å²) < 4.78 is 82.8.